The number of benzene rings is 2. The minimum atomic E-state index is -4.14. The lowest BCUT2D eigenvalue weighted by molar-refractivity contribution is -0.123. The van der Waals surface area contributed by atoms with E-state index in [1.807, 2.05) is 6.92 Å². The summed E-state index contributed by atoms with van der Waals surface area (Å²) >= 11 is 4.79. The van der Waals surface area contributed by atoms with Crippen molar-refractivity contribution in [3.63, 3.8) is 0 Å². The SMILES string of the molecule is C=CCc1cc(C=C2C(=O)NC(=S)NC2=O)cc(OC)c1OS(=O)(=O)c1ccc(C)cc1. The number of allylic oxidation sites excluding steroid dienone is 1. The smallest absolute Gasteiger partial charge is 0.339 e. The molecule has 0 radical (unpaired) electrons. The summed E-state index contributed by atoms with van der Waals surface area (Å²) in [6.45, 7) is 5.53. The highest BCUT2D eigenvalue weighted by atomic mass is 32.2. The molecule has 32 heavy (non-hydrogen) atoms. The van der Waals surface area contributed by atoms with E-state index >= 15 is 0 Å². The second-order valence-corrected chi connectivity index (χ2v) is 8.80. The van der Waals surface area contributed by atoms with Crippen LogP contribution in [0.5, 0.6) is 11.5 Å². The Morgan fingerprint density at radius 1 is 1.09 bits per heavy atom. The van der Waals surface area contributed by atoms with Crippen molar-refractivity contribution in [3.05, 3.63) is 71.3 Å². The molecule has 1 saturated heterocycles. The molecule has 0 saturated carbocycles. The lowest BCUT2D eigenvalue weighted by atomic mass is 10.0. The van der Waals surface area contributed by atoms with E-state index in [0.717, 1.165) is 5.56 Å². The maximum Gasteiger partial charge on any atom is 0.339 e. The van der Waals surface area contributed by atoms with Gasteiger partial charge in [-0.15, -0.1) is 6.58 Å². The first-order valence-electron chi connectivity index (χ1n) is 9.36. The van der Waals surface area contributed by atoms with E-state index in [2.05, 4.69) is 17.2 Å². The molecule has 0 aliphatic carbocycles. The predicted octanol–water partition coefficient (Wildman–Crippen LogP) is 2.41. The van der Waals surface area contributed by atoms with Crippen LogP contribution in [0.4, 0.5) is 0 Å². The topological polar surface area (TPSA) is 111 Å². The van der Waals surface area contributed by atoms with Gasteiger partial charge in [-0.1, -0.05) is 23.8 Å². The van der Waals surface area contributed by atoms with Crippen molar-refractivity contribution in [2.75, 3.05) is 7.11 Å². The third-order valence-electron chi connectivity index (χ3n) is 4.50. The van der Waals surface area contributed by atoms with E-state index in [-0.39, 0.29) is 33.5 Å². The number of amides is 2. The fourth-order valence-corrected chi connectivity index (χ4v) is 4.12. The number of carbonyl (C=O) groups is 2. The average molecular weight is 473 g/mol. The third kappa shape index (κ3) is 5.04. The van der Waals surface area contributed by atoms with E-state index in [9.17, 15) is 18.0 Å². The molecule has 2 N–H and O–H groups in total. The molecular formula is C22H20N2O6S2. The molecule has 166 valence electrons. The van der Waals surface area contributed by atoms with Crippen molar-refractivity contribution in [1.82, 2.24) is 10.6 Å². The molecular weight excluding hydrogens is 452 g/mol. The molecule has 1 aliphatic rings. The molecule has 0 bridgehead atoms. The zero-order valence-corrected chi connectivity index (χ0v) is 18.9. The van der Waals surface area contributed by atoms with Gasteiger partial charge in [-0.3, -0.25) is 20.2 Å². The minimum absolute atomic E-state index is 0.00569. The van der Waals surface area contributed by atoms with Gasteiger partial charge < -0.3 is 8.92 Å². The van der Waals surface area contributed by atoms with Crippen LogP contribution in [-0.4, -0.2) is 32.5 Å². The first kappa shape index (κ1) is 23.2. The zero-order valence-electron chi connectivity index (χ0n) is 17.3. The number of methoxy groups -OCH3 is 1. The number of hydrogen-bond acceptors (Lipinski definition) is 7. The molecule has 10 heteroatoms. The largest absolute Gasteiger partial charge is 0.493 e. The van der Waals surface area contributed by atoms with Crippen molar-refractivity contribution in [1.29, 1.82) is 0 Å². The Morgan fingerprint density at radius 3 is 2.28 bits per heavy atom. The molecule has 0 aromatic heterocycles. The van der Waals surface area contributed by atoms with Gasteiger partial charge in [0.1, 0.15) is 10.5 Å². The second kappa shape index (κ2) is 9.33. The van der Waals surface area contributed by atoms with Gasteiger partial charge in [0.2, 0.25) is 0 Å². The van der Waals surface area contributed by atoms with E-state index in [1.54, 1.807) is 24.3 Å². The van der Waals surface area contributed by atoms with E-state index < -0.39 is 21.9 Å². The number of hydrogen-bond donors (Lipinski definition) is 2. The average Bonchev–Trinajstić information content (AvgIpc) is 2.72. The van der Waals surface area contributed by atoms with Crippen LogP contribution in [0.1, 0.15) is 16.7 Å². The highest BCUT2D eigenvalue weighted by Crippen LogP contribution is 2.36. The number of ether oxygens (including phenoxy) is 1. The van der Waals surface area contributed by atoms with Crippen molar-refractivity contribution in [3.8, 4) is 11.5 Å². The zero-order chi connectivity index (χ0) is 23.5. The van der Waals surface area contributed by atoms with Gasteiger partial charge in [-0.25, -0.2) is 0 Å². The number of carbonyl (C=O) groups excluding carboxylic acids is 2. The lowest BCUT2D eigenvalue weighted by Crippen LogP contribution is -2.51. The highest BCUT2D eigenvalue weighted by Gasteiger charge is 2.27. The van der Waals surface area contributed by atoms with Crippen molar-refractivity contribution in [2.24, 2.45) is 0 Å². The quantitative estimate of drug-likeness (QED) is 0.209. The summed E-state index contributed by atoms with van der Waals surface area (Å²) in [7, 11) is -2.78. The normalized spacial score (nSPS) is 13.8. The first-order valence-corrected chi connectivity index (χ1v) is 11.2. The van der Waals surface area contributed by atoms with Crippen LogP contribution in [0.2, 0.25) is 0 Å². The first-order chi connectivity index (χ1) is 15.1. The van der Waals surface area contributed by atoms with Crippen LogP contribution in [0.15, 0.2) is 59.5 Å². The second-order valence-electron chi connectivity index (χ2n) is 6.85. The molecule has 1 heterocycles. The van der Waals surface area contributed by atoms with E-state index in [0.29, 0.717) is 11.1 Å². The summed E-state index contributed by atoms with van der Waals surface area (Å²) in [5.74, 6) is -1.19. The Hall–Kier alpha value is -3.50. The van der Waals surface area contributed by atoms with Gasteiger partial charge in [0.05, 0.1) is 7.11 Å². The standard InChI is InChI=1S/C22H20N2O6S2/c1-4-5-15-10-14(11-17-20(25)23-22(31)24-21(17)26)12-18(29-3)19(15)30-32(27,28)16-8-6-13(2)7-9-16/h4,6-12H,1,5H2,2-3H3,(H2,23,24,25,26,31). The highest BCUT2D eigenvalue weighted by molar-refractivity contribution is 7.87. The van der Waals surface area contributed by atoms with Gasteiger partial charge in [0.15, 0.2) is 16.6 Å². The van der Waals surface area contributed by atoms with Crippen LogP contribution in [0, 0.1) is 6.92 Å². The fraction of sp³-hybridized carbons (Fsp3) is 0.136. The fourth-order valence-electron chi connectivity index (χ4n) is 2.96. The van der Waals surface area contributed by atoms with E-state index in [4.69, 9.17) is 21.1 Å². The predicted molar refractivity (Wildman–Crippen MR) is 123 cm³/mol. The van der Waals surface area contributed by atoms with Crippen LogP contribution in [0.25, 0.3) is 6.08 Å². The van der Waals surface area contributed by atoms with Gasteiger partial charge in [0, 0.05) is 5.56 Å². The molecule has 2 aromatic rings. The van der Waals surface area contributed by atoms with E-state index in [1.165, 1.54) is 31.4 Å². The third-order valence-corrected chi connectivity index (χ3v) is 5.94. The minimum Gasteiger partial charge on any atom is -0.493 e. The summed E-state index contributed by atoms with van der Waals surface area (Å²) in [4.78, 5) is 24.3. The summed E-state index contributed by atoms with van der Waals surface area (Å²) in [5.41, 5.74) is 1.61. The van der Waals surface area contributed by atoms with Gasteiger partial charge in [-0.2, -0.15) is 8.42 Å². The molecule has 2 aromatic carbocycles. The number of thiocarbonyl (C=S) groups is 1. The molecule has 1 aliphatic heterocycles. The van der Waals surface area contributed by atoms with Crippen molar-refractivity contribution < 1.29 is 26.9 Å². The Kier molecular flexibility index (Phi) is 6.75. The van der Waals surface area contributed by atoms with Crippen LogP contribution >= 0.6 is 12.2 Å². The molecule has 8 nitrogen and oxygen atoms in total. The summed E-state index contributed by atoms with van der Waals surface area (Å²) in [5, 5.41) is 4.63. The Balaban J connectivity index is 2.06. The van der Waals surface area contributed by atoms with Crippen LogP contribution < -0.4 is 19.6 Å². The Morgan fingerprint density at radius 2 is 1.72 bits per heavy atom. The lowest BCUT2D eigenvalue weighted by Gasteiger charge is -2.18. The van der Waals surface area contributed by atoms with Crippen molar-refractivity contribution in [2.45, 2.75) is 18.2 Å². The summed E-state index contributed by atoms with van der Waals surface area (Å²) in [6, 6.07) is 9.29. The molecule has 2 amide bonds. The van der Waals surface area contributed by atoms with Crippen LogP contribution in [-0.2, 0) is 26.1 Å². The van der Waals surface area contributed by atoms with Gasteiger partial charge >= 0.3 is 10.1 Å². The maximum atomic E-state index is 12.8. The molecule has 0 spiro atoms. The summed E-state index contributed by atoms with van der Waals surface area (Å²) < 4.78 is 36.4. The van der Waals surface area contributed by atoms with Gasteiger partial charge in [-0.05, 0) is 61.5 Å². The number of aryl methyl sites for hydroxylation is 1. The number of nitrogens with one attached hydrogen (secondary N) is 2. The van der Waals surface area contributed by atoms with Gasteiger partial charge in [0.25, 0.3) is 11.8 Å². The molecule has 3 rings (SSSR count). The maximum absolute atomic E-state index is 12.8. The monoisotopic (exact) mass is 472 g/mol. The number of rotatable bonds is 7. The molecule has 1 fully saturated rings. The molecule has 0 unspecified atom stereocenters. The Bertz CT molecular complexity index is 1230. The molecule has 0 atom stereocenters. The summed E-state index contributed by atoms with van der Waals surface area (Å²) in [6.07, 6.45) is 3.16. The van der Waals surface area contributed by atoms with Crippen molar-refractivity contribution >= 4 is 45.3 Å². The van der Waals surface area contributed by atoms with Crippen LogP contribution in [0.3, 0.4) is 0 Å². The Labute approximate surface area is 191 Å².